The topological polar surface area (TPSA) is 132 Å². The van der Waals surface area contributed by atoms with Gasteiger partial charge < -0.3 is 20.7 Å². The van der Waals surface area contributed by atoms with E-state index in [-0.39, 0.29) is 17.5 Å². The molecule has 1 saturated carbocycles. The number of hydrogen-bond donors (Lipinski definition) is 3. The number of fused-ring (bicyclic) bond motifs is 1. The van der Waals surface area contributed by atoms with Crippen LogP contribution in [0, 0.1) is 5.92 Å². The van der Waals surface area contributed by atoms with Gasteiger partial charge in [-0.1, -0.05) is 0 Å². The number of aromatic nitrogens is 6. The van der Waals surface area contributed by atoms with Gasteiger partial charge >= 0.3 is 0 Å². The molecule has 192 valence electrons. The zero-order chi connectivity index (χ0) is 25.4. The first-order valence-corrected chi connectivity index (χ1v) is 12.6. The fourth-order valence-electron chi connectivity index (χ4n) is 4.56. The summed E-state index contributed by atoms with van der Waals surface area (Å²) in [6.07, 6.45) is 10.8. The van der Waals surface area contributed by atoms with Gasteiger partial charge in [0.2, 0.25) is 0 Å². The van der Waals surface area contributed by atoms with E-state index in [1.165, 1.54) is 6.20 Å². The van der Waals surface area contributed by atoms with Gasteiger partial charge in [-0.15, -0.1) is 0 Å². The number of amides is 1. The van der Waals surface area contributed by atoms with Crippen LogP contribution in [0.1, 0.15) is 36.0 Å². The molecule has 2 fully saturated rings. The first-order valence-electron chi connectivity index (χ1n) is 12.6. The molecule has 3 N–H and O–H groups in total. The van der Waals surface area contributed by atoms with Crippen molar-refractivity contribution in [3.8, 4) is 5.69 Å². The standard InChI is InChI=1S/C25H29N9O3/c1-26-22-11-21(31-23-19(13-28-34(22)23)24(35)29-17-4-5-17)30-20-3-2-8-33(25(20)36)18-12-27-32(15-18)14-16-6-9-37-10-7-16/h2-3,8,11-13,15-17,26H,4-7,9-10,14H2,1H3,(H,29,35)(H,30,31). The molecule has 0 unspecified atom stereocenters. The van der Waals surface area contributed by atoms with E-state index in [1.54, 1.807) is 46.7 Å². The molecule has 4 aromatic rings. The van der Waals surface area contributed by atoms with E-state index in [1.807, 2.05) is 10.9 Å². The van der Waals surface area contributed by atoms with Crippen LogP contribution in [0.3, 0.4) is 0 Å². The monoisotopic (exact) mass is 503 g/mol. The molecular weight excluding hydrogens is 474 g/mol. The minimum absolute atomic E-state index is 0.205. The number of ether oxygens (including phenoxy) is 1. The van der Waals surface area contributed by atoms with E-state index in [9.17, 15) is 9.59 Å². The number of pyridine rings is 1. The quantitative estimate of drug-likeness (QED) is 0.333. The normalized spacial score (nSPS) is 16.1. The van der Waals surface area contributed by atoms with Gasteiger partial charge in [0, 0.05) is 51.3 Å². The Morgan fingerprint density at radius 2 is 2.00 bits per heavy atom. The Bertz CT molecular complexity index is 1490. The van der Waals surface area contributed by atoms with Crippen molar-refractivity contribution in [2.24, 2.45) is 5.92 Å². The summed E-state index contributed by atoms with van der Waals surface area (Å²) >= 11 is 0. The highest BCUT2D eigenvalue weighted by Gasteiger charge is 2.26. The Kier molecular flexibility index (Phi) is 6.08. The van der Waals surface area contributed by atoms with E-state index in [0.717, 1.165) is 45.4 Å². The number of carbonyl (C=O) groups excluding carboxylic acids is 1. The highest BCUT2D eigenvalue weighted by molar-refractivity contribution is 6.00. The number of nitrogens with zero attached hydrogens (tertiary/aromatic N) is 6. The maximum Gasteiger partial charge on any atom is 0.278 e. The predicted octanol–water partition coefficient (Wildman–Crippen LogP) is 2.18. The van der Waals surface area contributed by atoms with Gasteiger partial charge in [-0.3, -0.25) is 18.8 Å². The summed E-state index contributed by atoms with van der Waals surface area (Å²) in [5.74, 6) is 1.36. The molecule has 0 bridgehead atoms. The Labute approximate surface area is 212 Å². The van der Waals surface area contributed by atoms with Gasteiger partial charge in [0.05, 0.1) is 18.1 Å². The van der Waals surface area contributed by atoms with E-state index in [0.29, 0.717) is 40.1 Å². The highest BCUT2D eigenvalue weighted by atomic mass is 16.5. The van der Waals surface area contributed by atoms with Gasteiger partial charge in [0.25, 0.3) is 11.5 Å². The molecule has 12 heteroatoms. The molecule has 4 aromatic heterocycles. The zero-order valence-electron chi connectivity index (χ0n) is 20.6. The Morgan fingerprint density at radius 3 is 2.78 bits per heavy atom. The molecule has 1 aliphatic carbocycles. The minimum atomic E-state index is -0.235. The lowest BCUT2D eigenvalue weighted by Crippen LogP contribution is -2.25. The summed E-state index contributed by atoms with van der Waals surface area (Å²) in [7, 11) is 1.76. The summed E-state index contributed by atoms with van der Waals surface area (Å²) in [5, 5.41) is 18.0. The average Bonchev–Trinajstić information content (AvgIpc) is 3.42. The van der Waals surface area contributed by atoms with Crippen LogP contribution in [0.25, 0.3) is 11.3 Å². The molecule has 0 atom stereocenters. The van der Waals surface area contributed by atoms with Crippen LogP contribution in [0.5, 0.6) is 0 Å². The summed E-state index contributed by atoms with van der Waals surface area (Å²) in [6, 6.07) is 5.46. The summed E-state index contributed by atoms with van der Waals surface area (Å²) in [6.45, 7) is 2.37. The number of anilines is 3. The molecule has 0 aromatic carbocycles. The molecule has 5 heterocycles. The molecule has 12 nitrogen and oxygen atoms in total. The fraction of sp³-hybridized carbons (Fsp3) is 0.400. The van der Waals surface area contributed by atoms with Crippen molar-refractivity contribution in [3.05, 3.63) is 58.9 Å². The van der Waals surface area contributed by atoms with Crippen LogP contribution in [0.15, 0.2) is 47.8 Å². The third kappa shape index (κ3) is 4.79. The molecule has 1 saturated heterocycles. The van der Waals surface area contributed by atoms with Crippen LogP contribution < -0.4 is 21.5 Å². The van der Waals surface area contributed by atoms with Crippen LogP contribution in [0.2, 0.25) is 0 Å². The lowest BCUT2D eigenvalue weighted by Gasteiger charge is -2.21. The van der Waals surface area contributed by atoms with Crippen molar-refractivity contribution in [2.45, 2.75) is 38.3 Å². The highest BCUT2D eigenvalue weighted by Crippen LogP contribution is 2.23. The van der Waals surface area contributed by atoms with Crippen molar-refractivity contribution in [3.63, 3.8) is 0 Å². The van der Waals surface area contributed by atoms with E-state index in [2.05, 4.69) is 31.1 Å². The second-order valence-electron chi connectivity index (χ2n) is 9.52. The van der Waals surface area contributed by atoms with E-state index in [4.69, 9.17) is 4.74 Å². The van der Waals surface area contributed by atoms with Crippen LogP contribution in [-0.2, 0) is 11.3 Å². The third-order valence-corrected chi connectivity index (χ3v) is 6.78. The fourth-order valence-corrected chi connectivity index (χ4v) is 4.56. The molecule has 1 aliphatic heterocycles. The Morgan fingerprint density at radius 1 is 1.16 bits per heavy atom. The lowest BCUT2D eigenvalue weighted by atomic mass is 10.0. The molecule has 37 heavy (non-hydrogen) atoms. The van der Waals surface area contributed by atoms with E-state index >= 15 is 0 Å². The van der Waals surface area contributed by atoms with Crippen LogP contribution in [-0.4, -0.2) is 61.2 Å². The molecule has 6 rings (SSSR count). The predicted molar refractivity (Wildman–Crippen MR) is 138 cm³/mol. The molecule has 2 aliphatic rings. The second kappa shape index (κ2) is 9.69. The molecule has 0 spiro atoms. The zero-order valence-corrected chi connectivity index (χ0v) is 20.6. The summed E-state index contributed by atoms with van der Waals surface area (Å²) in [5.41, 5.74) is 1.59. The van der Waals surface area contributed by atoms with Crippen LogP contribution >= 0.6 is 0 Å². The van der Waals surface area contributed by atoms with Crippen molar-refractivity contribution in [1.29, 1.82) is 0 Å². The molecule has 0 radical (unpaired) electrons. The molecule has 1 amide bonds. The third-order valence-electron chi connectivity index (χ3n) is 6.78. The first-order chi connectivity index (χ1) is 18.1. The number of nitrogens with one attached hydrogen (secondary N) is 3. The summed E-state index contributed by atoms with van der Waals surface area (Å²) in [4.78, 5) is 30.7. The minimum Gasteiger partial charge on any atom is -0.381 e. The van der Waals surface area contributed by atoms with Crippen molar-refractivity contribution in [2.75, 3.05) is 30.9 Å². The number of hydrogen-bond acceptors (Lipinski definition) is 8. The second-order valence-corrected chi connectivity index (χ2v) is 9.52. The smallest absolute Gasteiger partial charge is 0.278 e. The van der Waals surface area contributed by atoms with Crippen molar-refractivity contribution in [1.82, 2.24) is 34.3 Å². The lowest BCUT2D eigenvalue weighted by molar-refractivity contribution is 0.0601. The van der Waals surface area contributed by atoms with Crippen LogP contribution in [0.4, 0.5) is 17.3 Å². The van der Waals surface area contributed by atoms with E-state index < -0.39 is 0 Å². The number of carbonyl (C=O) groups is 1. The van der Waals surface area contributed by atoms with Crippen molar-refractivity contribution >= 4 is 28.9 Å². The molecular formula is C25H29N9O3. The average molecular weight is 504 g/mol. The number of rotatable bonds is 8. The summed E-state index contributed by atoms with van der Waals surface area (Å²) < 4.78 is 10.5. The maximum absolute atomic E-state index is 13.4. The first kappa shape index (κ1) is 23.2. The van der Waals surface area contributed by atoms with Crippen molar-refractivity contribution < 1.29 is 9.53 Å². The van der Waals surface area contributed by atoms with Gasteiger partial charge in [-0.05, 0) is 43.7 Å². The SMILES string of the molecule is CNc1cc(Nc2cccn(-c3cnn(CC4CCOCC4)c3)c2=O)nc2c(C(=O)NC3CC3)cnn12. The Balaban J connectivity index is 1.27. The maximum atomic E-state index is 13.4. The van der Waals surface area contributed by atoms with Gasteiger partial charge in [0.1, 0.15) is 22.9 Å². The van der Waals surface area contributed by atoms with Gasteiger partial charge in [0.15, 0.2) is 5.65 Å². The largest absolute Gasteiger partial charge is 0.381 e. The van der Waals surface area contributed by atoms with Gasteiger partial charge in [-0.2, -0.15) is 14.7 Å². The Hall–Kier alpha value is -4.19. The van der Waals surface area contributed by atoms with Gasteiger partial charge in [-0.25, -0.2) is 4.98 Å².